The molecule has 1 amide bonds. The van der Waals surface area contributed by atoms with Gasteiger partial charge in [-0.3, -0.25) is 4.79 Å². The fraction of sp³-hybridized carbons (Fsp3) is 0.632. The number of aromatic hydroxyl groups is 1. The smallest absolute Gasteiger partial charge is 0.280 e. The van der Waals surface area contributed by atoms with Crippen LogP contribution in [0.5, 0.6) is 5.75 Å². The zero-order valence-electron chi connectivity index (χ0n) is 15.5. The van der Waals surface area contributed by atoms with Crippen molar-refractivity contribution in [2.75, 3.05) is 63.8 Å². The molecule has 2 saturated heterocycles. The molecule has 2 fully saturated rings. The number of piperazine rings is 2. The van der Waals surface area contributed by atoms with Crippen molar-refractivity contribution in [1.29, 1.82) is 0 Å². The molecule has 6 heteroatoms. The van der Waals surface area contributed by atoms with Gasteiger partial charge >= 0.3 is 0 Å². The molecule has 0 radical (unpaired) electrons. The van der Waals surface area contributed by atoms with E-state index in [0.29, 0.717) is 11.7 Å². The first kappa shape index (κ1) is 18.0. The second kappa shape index (κ2) is 8.06. The molecule has 0 bridgehead atoms. The van der Waals surface area contributed by atoms with E-state index in [9.17, 15) is 9.90 Å². The van der Waals surface area contributed by atoms with Crippen LogP contribution >= 0.6 is 0 Å². The number of rotatable bonds is 4. The first-order valence-electron chi connectivity index (χ1n) is 9.59. The minimum absolute atomic E-state index is 0.0464. The molecule has 1 aromatic carbocycles. The predicted octanol–water partition coefficient (Wildman–Crippen LogP) is -1.77. The molecule has 0 spiro atoms. The Morgan fingerprint density at radius 3 is 2.24 bits per heavy atom. The minimum Gasteiger partial charge on any atom is -0.508 e. The van der Waals surface area contributed by atoms with Crippen LogP contribution < -0.4 is 14.7 Å². The lowest BCUT2D eigenvalue weighted by Crippen LogP contribution is -3.19. The summed E-state index contributed by atoms with van der Waals surface area (Å²) in [5, 5.41) is 9.42. The number of phenolic OH excluding ortho intramolecular Hbond substituents is 1. The van der Waals surface area contributed by atoms with Gasteiger partial charge in [-0.1, -0.05) is 0 Å². The van der Waals surface area contributed by atoms with Gasteiger partial charge in [0.1, 0.15) is 5.75 Å². The van der Waals surface area contributed by atoms with Crippen molar-refractivity contribution >= 4 is 11.6 Å². The standard InChI is InChI=1S/C19H30N4O2/c1-3-20-8-10-23(11-9-20)19(25)16(2)21-12-14-22(15-13-21)17-4-6-18(24)7-5-17/h4-7,16,24H,3,8-15H2,1-2H3/p+2/t16-/m1/s1. The normalized spacial score (nSPS) is 21.4. The van der Waals surface area contributed by atoms with Gasteiger partial charge in [0.25, 0.3) is 5.91 Å². The molecule has 0 saturated carbocycles. The van der Waals surface area contributed by atoms with Crippen molar-refractivity contribution in [1.82, 2.24) is 4.90 Å². The fourth-order valence-electron chi connectivity index (χ4n) is 3.99. The SMILES string of the molecule is CC[NH+]1CCN(C(=O)[C@@H](C)[NH+]2CCN(c3ccc(O)cc3)CC2)CC1. The number of nitrogens with zero attached hydrogens (tertiary/aromatic N) is 2. The van der Waals surface area contributed by atoms with E-state index < -0.39 is 0 Å². The van der Waals surface area contributed by atoms with E-state index in [1.807, 2.05) is 12.1 Å². The third kappa shape index (κ3) is 4.25. The highest BCUT2D eigenvalue weighted by Crippen LogP contribution is 2.18. The van der Waals surface area contributed by atoms with Gasteiger partial charge in [0.2, 0.25) is 0 Å². The third-order valence-corrected chi connectivity index (χ3v) is 5.89. The molecule has 6 nitrogen and oxygen atoms in total. The number of likely N-dealkylation sites (N-methyl/N-ethyl adjacent to an activating group) is 1. The van der Waals surface area contributed by atoms with Crippen molar-refractivity contribution < 1.29 is 19.7 Å². The Bertz CT molecular complexity index is 561. The molecule has 0 aliphatic carbocycles. The van der Waals surface area contributed by atoms with E-state index in [0.717, 1.165) is 64.6 Å². The first-order valence-corrected chi connectivity index (χ1v) is 9.59. The zero-order valence-corrected chi connectivity index (χ0v) is 15.5. The lowest BCUT2D eigenvalue weighted by atomic mass is 10.1. The summed E-state index contributed by atoms with van der Waals surface area (Å²) in [6.45, 7) is 13.3. The number of anilines is 1. The monoisotopic (exact) mass is 348 g/mol. The van der Waals surface area contributed by atoms with Gasteiger partial charge in [-0.15, -0.1) is 0 Å². The van der Waals surface area contributed by atoms with Crippen molar-refractivity contribution in [3.05, 3.63) is 24.3 Å². The fourth-order valence-corrected chi connectivity index (χ4v) is 3.99. The van der Waals surface area contributed by atoms with E-state index in [-0.39, 0.29) is 6.04 Å². The largest absolute Gasteiger partial charge is 0.508 e. The van der Waals surface area contributed by atoms with Gasteiger partial charge in [0.05, 0.1) is 58.9 Å². The molecule has 3 rings (SSSR count). The Balaban J connectivity index is 1.50. The second-order valence-corrected chi connectivity index (χ2v) is 7.31. The van der Waals surface area contributed by atoms with E-state index in [4.69, 9.17) is 0 Å². The lowest BCUT2D eigenvalue weighted by Gasteiger charge is -2.38. The molecule has 3 N–H and O–H groups in total. The van der Waals surface area contributed by atoms with Gasteiger partial charge < -0.3 is 24.7 Å². The van der Waals surface area contributed by atoms with Gasteiger partial charge in [-0.05, 0) is 38.1 Å². The average molecular weight is 348 g/mol. The van der Waals surface area contributed by atoms with Gasteiger partial charge in [-0.25, -0.2) is 0 Å². The van der Waals surface area contributed by atoms with Crippen LogP contribution in [0.25, 0.3) is 0 Å². The molecule has 2 aliphatic rings. The summed E-state index contributed by atoms with van der Waals surface area (Å²) in [7, 11) is 0. The number of hydrogen-bond donors (Lipinski definition) is 3. The highest BCUT2D eigenvalue weighted by molar-refractivity contribution is 5.80. The first-order chi connectivity index (χ1) is 12.1. The number of hydrogen-bond acceptors (Lipinski definition) is 3. The summed E-state index contributed by atoms with van der Waals surface area (Å²) < 4.78 is 0. The van der Waals surface area contributed by atoms with Crippen LogP contribution in [0.15, 0.2) is 24.3 Å². The van der Waals surface area contributed by atoms with Crippen LogP contribution in [0.3, 0.4) is 0 Å². The maximum absolute atomic E-state index is 12.8. The number of benzene rings is 1. The maximum atomic E-state index is 12.8. The summed E-state index contributed by atoms with van der Waals surface area (Å²) in [5.41, 5.74) is 1.15. The van der Waals surface area contributed by atoms with Gasteiger partial charge in [-0.2, -0.15) is 0 Å². The van der Waals surface area contributed by atoms with Crippen LogP contribution in [0.4, 0.5) is 5.69 Å². The van der Waals surface area contributed by atoms with Crippen LogP contribution in [0.2, 0.25) is 0 Å². The van der Waals surface area contributed by atoms with Crippen molar-refractivity contribution in [3.8, 4) is 5.75 Å². The lowest BCUT2D eigenvalue weighted by molar-refractivity contribution is -0.915. The molecule has 2 aliphatic heterocycles. The summed E-state index contributed by atoms with van der Waals surface area (Å²) in [6.07, 6.45) is 0. The summed E-state index contributed by atoms with van der Waals surface area (Å²) >= 11 is 0. The second-order valence-electron chi connectivity index (χ2n) is 7.31. The quantitative estimate of drug-likeness (QED) is 0.604. The topological polar surface area (TPSA) is 52.7 Å². The van der Waals surface area contributed by atoms with Crippen LogP contribution in [-0.2, 0) is 4.79 Å². The average Bonchev–Trinajstić information content (AvgIpc) is 2.67. The maximum Gasteiger partial charge on any atom is 0.280 e. The molecular weight excluding hydrogens is 316 g/mol. The van der Waals surface area contributed by atoms with Crippen molar-refractivity contribution in [2.45, 2.75) is 19.9 Å². The van der Waals surface area contributed by atoms with Gasteiger partial charge in [0.15, 0.2) is 6.04 Å². The number of nitrogens with one attached hydrogen (secondary N) is 2. The Morgan fingerprint density at radius 2 is 1.68 bits per heavy atom. The number of carbonyl (C=O) groups excluding carboxylic acids is 1. The van der Waals surface area contributed by atoms with E-state index in [1.165, 1.54) is 4.90 Å². The Hall–Kier alpha value is -1.79. The van der Waals surface area contributed by atoms with Crippen LogP contribution in [0, 0.1) is 0 Å². The zero-order chi connectivity index (χ0) is 17.8. The molecule has 2 heterocycles. The van der Waals surface area contributed by atoms with E-state index in [2.05, 4.69) is 23.6 Å². The molecule has 0 unspecified atom stereocenters. The Morgan fingerprint density at radius 1 is 1.08 bits per heavy atom. The van der Waals surface area contributed by atoms with Crippen LogP contribution in [-0.4, -0.2) is 80.9 Å². The summed E-state index contributed by atoms with van der Waals surface area (Å²) in [6, 6.07) is 7.44. The molecule has 1 aromatic rings. The number of phenols is 1. The summed E-state index contributed by atoms with van der Waals surface area (Å²) in [5.74, 6) is 0.625. The third-order valence-electron chi connectivity index (χ3n) is 5.89. The van der Waals surface area contributed by atoms with E-state index >= 15 is 0 Å². The van der Waals surface area contributed by atoms with Crippen LogP contribution in [0.1, 0.15) is 13.8 Å². The van der Waals surface area contributed by atoms with Crippen molar-refractivity contribution in [3.63, 3.8) is 0 Å². The highest BCUT2D eigenvalue weighted by atomic mass is 16.3. The summed E-state index contributed by atoms with van der Waals surface area (Å²) in [4.78, 5) is 20.2. The number of quaternary nitrogens is 2. The molecule has 138 valence electrons. The van der Waals surface area contributed by atoms with E-state index in [1.54, 1.807) is 17.0 Å². The molecule has 0 aromatic heterocycles. The van der Waals surface area contributed by atoms with Crippen molar-refractivity contribution in [2.24, 2.45) is 0 Å². The number of carbonyl (C=O) groups is 1. The molecule has 25 heavy (non-hydrogen) atoms. The minimum atomic E-state index is 0.0464. The Kier molecular flexibility index (Phi) is 5.81. The predicted molar refractivity (Wildman–Crippen MR) is 98.3 cm³/mol. The van der Waals surface area contributed by atoms with Gasteiger partial charge in [0, 0.05) is 5.69 Å². The highest BCUT2D eigenvalue weighted by Gasteiger charge is 2.34. The Labute approximate surface area is 150 Å². The molecular formula is C19H32N4O2+2. The molecule has 1 atom stereocenters. The number of amides is 1.